The Morgan fingerprint density at radius 3 is 1.55 bits per heavy atom. The van der Waals surface area contributed by atoms with Gasteiger partial charge < -0.3 is 28.6 Å². The van der Waals surface area contributed by atoms with Gasteiger partial charge in [-0.05, 0) is 50.2 Å². The van der Waals surface area contributed by atoms with E-state index in [1.807, 2.05) is 50.2 Å². The fraction of sp³-hybridized carbons (Fsp3) is 0.333. The van der Waals surface area contributed by atoms with Gasteiger partial charge in [0.15, 0.2) is 23.0 Å². The summed E-state index contributed by atoms with van der Waals surface area (Å²) >= 11 is 0. The van der Waals surface area contributed by atoms with E-state index >= 15 is 0 Å². The van der Waals surface area contributed by atoms with Crippen molar-refractivity contribution in [3.63, 3.8) is 0 Å². The minimum atomic E-state index is -0.107. The molecule has 2 aromatic rings. The lowest BCUT2D eigenvalue weighted by atomic mass is 10.1. The van der Waals surface area contributed by atoms with Crippen molar-refractivity contribution in [1.29, 1.82) is 0 Å². The van der Waals surface area contributed by atoms with Crippen LogP contribution in [-0.2, 0) is 9.68 Å². The zero-order valence-electron chi connectivity index (χ0n) is 16.3. The molecule has 0 unspecified atom stereocenters. The van der Waals surface area contributed by atoms with Gasteiger partial charge in [-0.15, -0.1) is 0 Å². The Bertz CT molecular complexity index is 865. The van der Waals surface area contributed by atoms with E-state index in [-0.39, 0.29) is 6.79 Å². The van der Waals surface area contributed by atoms with Gasteiger partial charge >= 0.3 is 0 Å². The molecule has 0 bridgehead atoms. The van der Waals surface area contributed by atoms with Gasteiger partial charge in [0.25, 0.3) is 6.79 Å². The van der Waals surface area contributed by atoms with Crippen molar-refractivity contribution < 1.29 is 28.6 Å². The van der Waals surface area contributed by atoms with E-state index < -0.39 is 0 Å². The quantitative estimate of drug-likeness (QED) is 0.321. The maximum Gasteiger partial charge on any atom is 0.280 e. The fourth-order valence-electron chi connectivity index (χ4n) is 2.91. The van der Waals surface area contributed by atoms with Crippen molar-refractivity contribution >= 4 is 11.4 Å². The predicted octanol–water partition coefficient (Wildman–Crippen LogP) is 3.37. The summed E-state index contributed by atoms with van der Waals surface area (Å²) in [6.45, 7) is 5.78. The molecular weight excluding hydrogens is 376 g/mol. The predicted molar refractivity (Wildman–Crippen MR) is 106 cm³/mol. The molecule has 8 heteroatoms. The Balaban J connectivity index is 1.30. The molecule has 0 saturated carbocycles. The minimum Gasteiger partial charge on any atom is -0.486 e. The molecule has 2 aliphatic rings. The first kappa shape index (κ1) is 18.9. The molecule has 2 aromatic carbocycles. The molecule has 8 nitrogen and oxygen atoms in total. The Hall–Kier alpha value is -3.42. The van der Waals surface area contributed by atoms with Crippen LogP contribution in [0.4, 0.5) is 0 Å². The van der Waals surface area contributed by atoms with E-state index in [0.717, 1.165) is 22.6 Å². The number of hydrogen-bond acceptors (Lipinski definition) is 8. The summed E-state index contributed by atoms with van der Waals surface area (Å²) < 4.78 is 22.2. The highest BCUT2D eigenvalue weighted by Gasteiger charge is 2.14. The van der Waals surface area contributed by atoms with Gasteiger partial charge in [0, 0.05) is 11.1 Å². The summed E-state index contributed by atoms with van der Waals surface area (Å²) in [6, 6.07) is 11.3. The second-order valence-corrected chi connectivity index (χ2v) is 6.45. The van der Waals surface area contributed by atoms with Gasteiger partial charge in [-0.1, -0.05) is 10.3 Å². The Morgan fingerprint density at radius 2 is 1.10 bits per heavy atom. The lowest BCUT2D eigenvalue weighted by molar-refractivity contribution is -0.0505. The van der Waals surface area contributed by atoms with E-state index in [9.17, 15) is 0 Å². The standard InChI is InChI=1S/C21H22N2O6/c1-14(16-3-5-18-20(11-16)26-9-7-24-18)22-28-13-29-23-15(2)17-4-6-19-21(12-17)27-10-8-25-19/h3-6,11-12H,7-10,13H2,1-2H3/b22-14-,23-15+. The normalized spacial score (nSPS) is 15.7. The molecule has 0 amide bonds. The molecule has 29 heavy (non-hydrogen) atoms. The van der Waals surface area contributed by atoms with Crippen LogP contribution in [-0.4, -0.2) is 44.6 Å². The Morgan fingerprint density at radius 1 is 0.690 bits per heavy atom. The molecule has 0 saturated heterocycles. The number of benzene rings is 2. The topological polar surface area (TPSA) is 80.1 Å². The molecule has 4 rings (SSSR count). The van der Waals surface area contributed by atoms with Crippen LogP contribution in [0.15, 0.2) is 46.7 Å². The van der Waals surface area contributed by atoms with Gasteiger partial charge in [0.05, 0.1) is 11.4 Å². The number of oxime groups is 2. The molecule has 0 aliphatic carbocycles. The van der Waals surface area contributed by atoms with Crippen LogP contribution in [0.5, 0.6) is 23.0 Å². The van der Waals surface area contributed by atoms with Crippen molar-refractivity contribution in [3.8, 4) is 23.0 Å². The summed E-state index contributed by atoms with van der Waals surface area (Å²) in [7, 11) is 0. The van der Waals surface area contributed by atoms with Gasteiger partial charge in [-0.2, -0.15) is 0 Å². The van der Waals surface area contributed by atoms with E-state index in [2.05, 4.69) is 10.3 Å². The fourth-order valence-corrected chi connectivity index (χ4v) is 2.91. The van der Waals surface area contributed by atoms with Crippen LogP contribution in [0.2, 0.25) is 0 Å². The Labute approximate surface area is 168 Å². The van der Waals surface area contributed by atoms with Crippen molar-refractivity contribution in [1.82, 2.24) is 0 Å². The van der Waals surface area contributed by atoms with Gasteiger partial charge in [0.2, 0.25) is 0 Å². The molecule has 0 atom stereocenters. The second kappa shape index (κ2) is 8.72. The van der Waals surface area contributed by atoms with Crippen LogP contribution in [0.1, 0.15) is 25.0 Å². The first-order chi connectivity index (χ1) is 14.2. The van der Waals surface area contributed by atoms with E-state index in [1.54, 1.807) is 0 Å². The smallest absolute Gasteiger partial charge is 0.280 e. The van der Waals surface area contributed by atoms with Crippen molar-refractivity contribution in [2.45, 2.75) is 13.8 Å². The molecule has 0 aromatic heterocycles. The average molecular weight is 398 g/mol. The summed E-state index contributed by atoms with van der Waals surface area (Å²) in [5.41, 5.74) is 3.15. The highest BCUT2D eigenvalue weighted by atomic mass is 16.8. The van der Waals surface area contributed by atoms with E-state index in [1.165, 1.54) is 0 Å². The van der Waals surface area contributed by atoms with Crippen LogP contribution in [0, 0.1) is 0 Å². The summed E-state index contributed by atoms with van der Waals surface area (Å²) in [5.74, 6) is 2.89. The average Bonchev–Trinajstić information content (AvgIpc) is 2.77. The minimum absolute atomic E-state index is 0.107. The number of fused-ring (bicyclic) bond motifs is 2. The molecule has 0 radical (unpaired) electrons. The molecule has 0 spiro atoms. The van der Waals surface area contributed by atoms with Crippen LogP contribution in [0.3, 0.4) is 0 Å². The first-order valence-electron chi connectivity index (χ1n) is 9.34. The monoisotopic (exact) mass is 398 g/mol. The molecular formula is C21H22N2O6. The SMILES string of the molecule is C/C(=N/OCO/N=C(\C)c1ccc2c(c1)OCCO2)c1ccc2c(c1)OCCO2. The maximum atomic E-state index is 5.58. The third kappa shape index (κ3) is 4.53. The zero-order valence-corrected chi connectivity index (χ0v) is 16.3. The Kier molecular flexibility index (Phi) is 5.69. The number of hydrogen-bond donors (Lipinski definition) is 0. The number of rotatable bonds is 6. The van der Waals surface area contributed by atoms with E-state index in [0.29, 0.717) is 49.3 Å². The summed E-state index contributed by atoms with van der Waals surface area (Å²) in [5, 5.41) is 8.12. The molecule has 0 fully saturated rings. The largest absolute Gasteiger partial charge is 0.486 e. The summed E-state index contributed by atoms with van der Waals surface area (Å²) in [4.78, 5) is 10.4. The third-order valence-electron chi connectivity index (χ3n) is 4.43. The van der Waals surface area contributed by atoms with Crippen molar-refractivity contribution in [2.75, 3.05) is 33.2 Å². The molecule has 2 heterocycles. The first-order valence-corrected chi connectivity index (χ1v) is 9.34. The second-order valence-electron chi connectivity index (χ2n) is 6.45. The van der Waals surface area contributed by atoms with Gasteiger partial charge in [-0.3, -0.25) is 0 Å². The molecule has 152 valence electrons. The van der Waals surface area contributed by atoms with Gasteiger partial charge in [0.1, 0.15) is 26.4 Å². The van der Waals surface area contributed by atoms with Crippen molar-refractivity contribution in [3.05, 3.63) is 47.5 Å². The lowest BCUT2D eigenvalue weighted by Crippen LogP contribution is -2.15. The number of ether oxygens (including phenoxy) is 4. The van der Waals surface area contributed by atoms with Crippen molar-refractivity contribution in [2.24, 2.45) is 10.3 Å². The molecule has 2 aliphatic heterocycles. The third-order valence-corrected chi connectivity index (χ3v) is 4.43. The summed E-state index contributed by atoms with van der Waals surface area (Å²) in [6.07, 6.45) is 0. The highest BCUT2D eigenvalue weighted by molar-refractivity contribution is 5.99. The zero-order chi connectivity index (χ0) is 20.1. The maximum absolute atomic E-state index is 5.58. The lowest BCUT2D eigenvalue weighted by Gasteiger charge is -2.18. The molecule has 0 N–H and O–H groups in total. The highest BCUT2D eigenvalue weighted by Crippen LogP contribution is 2.31. The van der Waals surface area contributed by atoms with Gasteiger partial charge in [-0.25, -0.2) is 0 Å². The van der Waals surface area contributed by atoms with Crippen LogP contribution < -0.4 is 18.9 Å². The number of nitrogens with zero attached hydrogens (tertiary/aromatic N) is 2. The van der Waals surface area contributed by atoms with E-state index in [4.69, 9.17) is 28.6 Å². The van der Waals surface area contributed by atoms with Crippen LogP contribution >= 0.6 is 0 Å². The van der Waals surface area contributed by atoms with Crippen LogP contribution in [0.25, 0.3) is 0 Å².